The van der Waals surface area contributed by atoms with E-state index in [0.717, 1.165) is 24.8 Å². The highest BCUT2D eigenvalue weighted by Gasteiger charge is 2.20. The fourth-order valence-corrected chi connectivity index (χ4v) is 6.09. The van der Waals surface area contributed by atoms with Crippen LogP contribution >= 0.6 is 34.4 Å². The van der Waals surface area contributed by atoms with E-state index in [2.05, 4.69) is 20.5 Å². The van der Waals surface area contributed by atoms with E-state index in [4.69, 9.17) is 0 Å². The van der Waals surface area contributed by atoms with Crippen LogP contribution in [0.25, 0.3) is 10.2 Å². The van der Waals surface area contributed by atoms with Gasteiger partial charge in [-0.05, 0) is 31.9 Å². The first kappa shape index (κ1) is 19.6. The smallest absolute Gasteiger partial charge is 0.239 e. The number of fused-ring (bicyclic) bond motifs is 1. The molecule has 148 valence electrons. The minimum absolute atomic E-state index is 0.0449. The van der Waals surface area contributed by atoms with Crippen molar-refractivity contribution in [2.24, 2.45) is 0 Å². The Morgan fingerprint density at radius 3 is 2.82 bits per heavy atom. The molecule has 0 atom stereocenters. The second kappa shape index (κ2) is 9.19. The predicted molar refractivity (Wildman–Crippen MR) is 119 cm³/mol. The molecule has 2 aromatic heterocycles. The second-order valence-corrected chi connectivity index (χ2v) is 9.95. The number of para-hydroxylation sites is 1. The summed E-state index contributed by atoms with van der Waals surface area (Å²) in [4.78, 5) is 19.1. The third kappa shape index (κ3) is 4.64. The molecule has 0 unspecified atom stereocenters. The summed E-state index contributed by atoms with van der Waals surface area (Å²) in [5.41, 5.74) is 0.934. The van der Waals surface area contributed by atoms with Gasteiger partial charge in [0.1, 0.15) is 0 Å². The zero-order valence-corrected chi connectivity index (χ0v) is 18.2. The van der Waals surface area contributed by atoms with E-state index in [1.165, 1.54) is 55.2 Å². The molecule has 1 amide bonds. The lowest BCUT2D eigenvalue weighted by Gasteiger charge is -2.21. The van der Waals surface area contributed by atoms with Gasteiger partial charge in [0.05, 0.1) is 16.0 Å². The van der Waals surface area contributed by atoms with E-state index in [1.807, 2.05) is 31.2 Å². The molecule has 2 heterocycles. The van der Waals surface area contributed by atoms with Gasteiger partial charge in [0.25, 0.3) is 0 Å². The van der Waals surface area contributed by atoms with Crippen LogP contribution in [-0.2, 0) is 4.79 Å². The number of aromatic nitrogens is 3. The van der Waals surface area contributed by atoms with Crippen molar-refractivity contribution < 1.29 is 4.79 Å². The van der Waals surface area contributed by atoms with Gasteiger partial charge in [0.2, 0.25) is 11.0 Å². The molecule has 1 N–H and O–H groups in total. The quantitative estimate of drug-likeness (QED) is 0.527. The molecule has 0 bridgehead atoms. The highest BCUT2D eigenvalue weighted by molar-refractivity contribution is 8.01. The maximum atomic E-state index is 12.8. The topological polar surface area (TPSA) is 71.0 Å². The molecule has 0 spiro atoms. The molecule has 9 heteroatoms. The van der Waals surface area contributed by atoms with Crippen LogP contribution in [0.5, 0.6) is 0 Å². The van der Waals surface area contributed by atoms with Crippen LogP contribution in [0.4, 0.5) is 10.3 Å². The maximum absolute atomic E-state index is 12.8. The van der Waals surface area contributed by atoms with Gasteiger partial charge in [0, 0.05) is 12.6 Å². The van der Waals surface area contributed by atoms with Crippen LogP contribution in [0.2, 0.25) is 0 Å². The number of hydrogen-bond donors (Lipinski definition) is 1. The summed E-state index contributed by atoms with van der Waals surface area (Å²) in [6.07, 6.45) is 6.30. The van der Waals surface area contributed by atoms with Crippen LogP contribution in [0.15, 0.2) is 28.6 Å². The standard InChI is InChI=1S/C19H23N5OS3/c1-2-24(18-21-14-10-6-7-11-15(14)27-18)16(25)12-26-19-23-22-17(28-19)20-13-8-4-3-5-9-13/h6-7,10-11,13H,2-5,8-9,12H2,1H3,(H,20,22). The number of hydrogen-bond acceptors (Lipinski definition) is 8. The van der Waals surface area contributed by atoms with E-state index < -0.39 is 0 Å². The van der Waals surface area contributed by atoms with Gasteiger partial charge in [-0.25, -0.2) is 4.98 Å². The SMILES string of the molecule is CCN(C(=O)CSc1nnc(NC2CCCCC2)s1)c1nc2ccccc2s1. The molecular formula is C19H23N5OS3. The Bertz CT molecular complexity index is 901. The lowest BCUT2D eigenvalue weighted by Crippen LogP contribution is -2.31. The molecule has 1 fully saturated rings. The van der Waals surface area contributed by atoms with Gasteiger partial charge in [-0.3, -0.25) is 9.69 Å². The van der Waals surface area contributed by atoms with Crippen LogP contribution in [0.1, 0.15) is 39.0 Å². The van der Waals surface area contributed by atoms with E-state index in [9.17, 15) is 4.79 Å². The Morgan fingerprint density at radius 1 is 1.21 bits per heavy atom. The summed E-state index contributed by atoms with van der Waals surface area (Å²) in [6.45, 7) is 2.58. The number of amides is 1. The fraction of sp³-hybridized carbons (Fsp3) is 0.474. The summed E-state index contributed by atoms with van der Waals surface area (Å²) in [6, 6.07) is 8.48. The number of thiazole rings is 1. The second-order valence-electron chi connectivity index (χ2n) is 6.74. The molecule has 0 aliphatic heterocycles. The zero-order chi connectivity index (χ0) is 19.3. The Hall–Kier alpha value is -1.71. The molecule has 1 aliphatic carbocycles. The Morgan fingerprint density at radius 2 is 2.04 bits per heavy atom. The van der Waals surface area contributed by atoms with E-state index in [-0.39, 0.29) is 5.91 Å². The summed E-state index contributed by atoms with van der Waals surface area (Å²) < 4.78 is 1.92. The highest BCUT2D eigenvalue weighted by atomic mass is 32.2. The third-order valence-electron chi connectivity index (χ3n) is 4.79. The molecule has 1 aromatic carbocycles. The Kier molecular flexibility index (Phi) is 6.43. The fourth-order valence-electron chi connectivity index (χ4n) is 3.34. The monoisotopic (exact) mass is 433 g/mol. The normalized spacial score (nSPS) is 15.0. The van der Waals surface area contributed by atoms with Crippen LogP contribution in [-0.4, -0.2) is 39.4 Å². The van der Waals surface area contributed by atoms with Gasteiger partial charge in [-0.15, -0.1) is 10.2 Å². The lowest BCUT2D eigenvalue weighted by molar-refractivity contribution is -0.116. The van der Waals surface area contributed by atoms with E-state index in [1.54, 1.807) is 16.2 Å². The van der Waals surface area contributed by atoms with Gasteiger partial charge in [-0.2, -0.15) is 0 Å². The number of benzene rings is 1. The molecule has 28 heavy (non-hydrogen) atoms. The highest BCUT2D eigenvalue weighted by Crippen LogP contribution is 2.31. The molecule has 1 saturated carbocycles. The molecule has 0 saturated heterocycles. The number of carbonyl (C=O) groups excluding carboxylic acids is 1. The summed E-state index contributed by atoms with van der Waals surface area (Å²) in [5.74, 6) is 0.380. The molecule has 0 radical (unpaired) electrons. The first-order valence-corrected chi connectivity index (χ1v) is 12.2. The summed E-state index contributed by atoms with van der Waals surface area (Å²) in [5, 5.41) is 13.6. The minimum atomic E-state index is 0.0449. The number of nitrogens with zero attached hydrogens (tertiary/aromatic N) is 4. The van der Waals surface area contributed by atoms with Crippen molar-refractivity contribution in [3.63, 3.8) is 0 Å². The Balaban J connectivity index is 1.35. The van der Waals surface area contributed by atoms with Gasteiger partial charge >= 0.3 is 0 Å². The van der Waals surface area contributed by atoms with Gasteiger partial charge in [-0.1, -0.05) is 65.8 Å². The van der Waals surface area contributed by atoms with Crippen LogP contribution < -0.4 is 10.2 Å². The molecule has 1 aliphatic rings. The Labute approximate surface area is 176 Å². The first-order chi connectivity index (χ1) is 13.7. The number of nitrogens with one attached hydrogen (secondary N) is 1. The third-order valence-corrected chi connectivity index (χ3v) is 7.82. The van der Waals surface area contributed by atoms with Gasteiger partial charge in [0.15, 0.2) is 9.47 Å². The summed E-state index contributed by atoms with van der Waals surface area (Å²) in [7, 11) is 0. The maximum Gasteiger partial charge on any atom is 0.239 e. The van der Waals surface area contributed by atoms with Crippen molar-refractivity contribution >= 4 is 60.8 Å². The van der Waals surface area contributed by atoms with E-state index >= 15 is 0 Å². The molecular weight excluding hydrogens is 410 g/mol. The average molecular weight is 434 g/mol. The number of anilines is 2. The zero-order valence-electron chi connectivity index (χ0n) is 15.8. The van der Waals surface area contributed by atoms with Crippen molar-refractivity contribution in [2.45, 2.75) is 49.4 Å². The molecule has 4 rings (SSSR count). The lowest BCUT2D eigenvalue weighted by atomic mass is 9.96. The first-order valence-electron chi connectivity index (χ1n) is 9.61. The minimum Gasteiger partial charge on any atom is -0.357 e. The number of rotatable bonds is 7. The van der Waals surface area contributed by atoms with Crippen molar-refractivity contribution in [3.8, 4) is 0 Å². The van der Waals surface area contributed by atoms with Crippen molar-refractivity contribution in [1.82, 2.24) is 15.2 Å². The van der Waals surface area contributed by atoms with E-state index in [0.29, 0.717) is 18.3 Å². The van der Waals surface area contributed by atoms with Gasteiger partial charge < -0.3 is 5.32 Å². The predicted octanol–water partition coefficient (Wildman–Crippen LogP) is 5.04. The summed E-state index contributed by atoms with van der Waals surface area (Å²) >= 11 is 4.53. The molecule has 3 aromatic rings. The molecule has 6 nitrogen and oxygen atoms in total. The largest absolute Gasteiger partial charge is 0.357 e. The van der Waals surface area contributed by atoms with Crippen LogP contribution in [0.3, 0.4) is 0 Å². The van der Waals surface area contributed by atoms with Crippen molar-refractivity contribution in [2.75, 3.05) is 22.5 Å². The van der Waals surface area contributed by atoms with Crippen molar-refractivity contribution in [3.05, 3.63) is 24.3 Å². The average Bonchev–Trinajstić information content (AvgIpc) is 3.34. The number of thioether (sulfide) groups is 1. The van der Waals surface area contributed by atoms with Crippen molar-refractivity contribution in [1.29, 1.82) is 0 Å². The number of carbonyl (C=O) groups is 1. The van der Waals surface area contributed by atoms with Crippen LogP contribution in [0, 0.1) is 0 Å².